The van der Waals surface area contributed by atoms with E-state index < -0.39 is 0 Å². The van der Waals surface area contributed by atoms with Crippen LogP contribution in [0.1, 0.15) is 44.0 Å². The Morgan fingerprint density at radius 2 is 1.90 bits per heavy atom. The summed E-state index contributed by atoms with van der Waals surface area (Å²) >= 11 is 0. The van der Waals surface area contributed by atoms with Crippen LogP contribution in [0, 0.1) is 16.7 Å². The number of amides is 1. The second kappa shape index (κ2) is 4.55. The van der Waals surface area contributed by atoms with Gasteiger partial charge in [-0.25, -0.2) is 0 Å². The largest absolute Gasteiger partial charge is 0.328 e. The molecule has 0 unspecified atom stereocenters. The van der Waals surface area contributed by atoms with Crippen molar-refractivity contribution in [2.75, 3.05) is 0 Å². The third-order valence-corrected chi connectivity index (χ3v) is 5.76. The number of benzene rings is 1. The molecule has 2 aliphatic rings. The van der Waals surface area contributed by atoms with Crippen LogP contribution in [0.25, 0.3) is 0 Å². The minimum absolute atomic E-state index is 0.0204. The van der Waals surface area contributed by atoms with Gasteiger partial charge in [-0.2, -0.15) is 0 Å². The summed E-state index contributed by atoms with van der Waals surface area (Å²) in [6.45, 7) is 6.40. The number of rotatable bonds is 2. The Morgan fingerprint density at radius 3 is 2.48 bits per heavy atom. The van der Waals surface area contributed by atoms with Crippen molar-refractivity contribution < 1.29 is 9.59 Å². The lowest BCUT2D eigenvalue weighted by Crippen LogP contribution is -2.32. The smallest absolute Gasteiger partial charge is 0.255 e. The summed E-state index contributed by atoms with van der Waals surface area (Å²) < 4.78 is 0. The van der Waals surface area contributed by atoms with Gasteiger partial charge in [0, 0.05) is 22.8 Å². The highest BCUT2D eigenvalue weighted by atomic mass is 16.1. The first-order valence-electron chi connectivity index (χ1n) is 7.49. The van der Waals surface area contributed by atoms with Gasteiger partial charge in [-0.3, -0.25) is 9.59 Å². The molecule has 0 spiro atoms. The molecule has 3 nitrogen and oxygen atoms in total. The van der Waals surface area contributed by atoms with E-state index in [-0.39, 0.29) is 28.4 Å². The molecule has 0 radical (unpaired) electrons. The fraction of sp³-hybridized carbons (Fsp3) is 0.444. The number of fused-ring (bicyclic) bond motifs is 2. The van der Waals surface area contributed by atoms with E-state index >= 15 is 0 Å². The van der Waals surface area contributed by atoms with Gasteiger partial charge in [-0.1, -0.05) is 39.0 Å². The van der Waals surface area contributed by atoms with Crippen molar-refractivity contribution >= 4 is 11.7 Å². The fourth-order valence-corrected chi connectivity index (χ4v) is 3.91. The van der Waals surface area contributed by atoms with Crippen molar-refractivity contribution in [3.63, 3.8) is 0 Å². The van der Waals surface area contributed by atoms with Crippen LogP contribution >= 0.6 is 0 Å². The third-order valence-electron chi connectivity index (χ3n) is 5.76. The summed E-state index contributed by atoms with van der Waals surface area (Å²) in [5.41, 5.74) is 1.10. The molecule has 3 heteroatoms. The van der Waals surface area contributed by atoms with Crippen LogP contribution < -0.4 is 5.32 Å². The summed E-state index contributed by atoms with van der Waals surface area (Å²) in [5.74, 6) is 0.296. The highest BCUT2D eigenvalue weighted by Crippen LogP contribution is 2.65. The van der Waals surface area contributed by atoms with E-state index in [9.17, 15) is 9.59 Å². The molecule has 2 saturated carbocycles. The lowest BCUT2D eigenvalue weighted by molar-refractivity contribution is -0.125. The molecular weight excluding hydrogens is 262 g/mol. The van der Waals surface area contributed by atoms with Crippen molar-refractivity contribution in [3.8, 4) is 0 Å². The number of carbonyl (C=O) groups excluding carboxylic acids is 2. The van der Waals surface area contributed by atoms with Crippen LogP contribution in [0.4, 0.5) is 0 Å². The molecule has 2 fully saturated rings. The topological polar surface area (TPSA) is 46.2 Å². The van der Waals surface area contributed by atoms with Gasteiger partial charge in [-0.15, -0.1) is 0 Å². The average Bonchev–Trinajstić information content (AvgIpc) is 2.78. The summed E-state index contributed by atoms with van der Waals surface area (Å²) in [4.78, 5) is 24.7. The molecule has 2 atom stereocenters. The zero-order chi connectivity index (χ0) is 15.3. The molecule has 1 aromatic carbocycles. The molecule has 0 saturated heterocycles. The van der Waals surface area contributed by atoms with Gasteiger partial charge in [0.1, 0.15) is 0 Å². The normalized spacial score (nSPS) is 31.7. The maximum Gasteiger partial charge on any atom is 0.255 e. The molecule has 1 N–H and O–H groups in total. The van der Waals surface area contributed by atoms with E-state index in [2.05, 4.69) is 26.1 Å². The second-order valence-corrected chi connectivity index (χ2v) is 6.91. The van der Waals surface area contributed by atoms with Crippen molar-refractivity contribution in [1.82, 2.24) is 5.32 Å². The Kier molecular flexibility index (Phi) is 3.05. The molecule has 0 aromatic heterocycles. The Hall–Kier alpha value is -1.90. The first-order chi connectivity index (χ1) is 9.88. The molecule has 21 heavy (non-hydrogen) atoms. The van der Waals surface area contributed by atoms with E-state index in [0.29, 0.717) is 5.56 Å². The lowest BCUT2D eigenvalue weighted by atomic mass is 9.70. The number of Topliss-reactive ketones (excluding diaryl/α,β-unsaturated/α-hetero) is 1. The van der Waals surface area contributed by atoms with Crippen LogP contribution in [0.15, 0.2) is 42.1 Å². The molecule has 2 bridgehead atoms. The molecule has 1 aromatic rings. The van der Waals surface area contributed by atoms with E-state index in [1.54, 1.807) is 18.3 Å². The number of hydrogen-bond donors (Lipinski definition) is 1. The van der Waals surface area contributed by atoms with Gasteiger partial charge < -0.3 is 5.32 Å². The average molecular weight is 283 g/mol. The van der Waals surface area contributed by atoms with Crippen LogP contribution in [0.5, 0.6) is 0 Å². The molecule has 110 valence electrons. The predicted molar refractivity (Wildman–Crippen MR) is 81.6 cm³/mol. The Balaban J connectivity index is 1.83. The zero-order valence-electron chi connectivity index (χ0n) is 12.8. The van der Waals surface area contributed by atoms with E-state index in [1.165, 1.54) is 0 Å². The van der Waals surface area contributed by atoms with E-state index in [1.807, 2.05) is 18.2 Å². The highest BCUT2D eigenvalue weighted by molar-refractivity contribution is 6.05. The Morgan fingerprint density at radius 1 is 1.24 bits per heavy atom. The Bertz CT molecular complexity index is 630. The molecular formula is C18H21NO2. The van der Waals surface area contributed by atoms with Gasteiger partial charge in [-0.05, 0) is 36.3 Å². The molecule has 2 aliphatic carbocycles. The minimum atomic E-state index is -0.277. The van der Waals surface area contributed by atoms with Crippen LogP contribution in [0.3, 0.4) is 0 Å². The first kappa shape index (κ1) is 14.1. The van der Waals surface area contributed by atoms with E-state index in [0.717, 1.165) is 18.4 Å². The first-order valence-corrected chi connectivity index (χ1v) is 7.49. The number of hydrogen-bond acceptors (Lipinski definition) is 2. The number of nitrogens with one attached hydrogen (secondary N) is 1. The van der Waals surface area contributed by atoms with Crippen molar-refractivity contribution in [2.45, 2.75) is 33.6 Å². The quantitative estimate of drug-likeness (QED) is 0.846. The minimum Gasteiger partial charge on any atom is -0.328 e. The van der Waals surface area contributed by atoms with Gasteiger partial charge in [0.25, 0.3) is 5.91 Å². The summed E-state index contributed by atoms with van der Waals surface area (Å²) in [5, 5.41) is 2.79. The van der Waals surface area contributed by atoms with Gasteiger partial charge in [0.05, 0.1) is 0 Å². The van der Waals surface area contributed by atoms with Gasteiger partial charge in [0.15, 0.2) is 5.78 Å². The lowest BCUT2D eigenvalue weighted by Gasteiger charge is -2.31. The van der Waals surface area contributed by atoms with Crippen LogP contribution in [-0.2, 0) is 4.79 Å². The van der Waals surface area contributed by atoms with Crippen molar-refractivity contribution in [1.29, 1.82) is 0 Å². The highest BCUT2D eigenvalue weighted by Gasteiger charge is 2.63. The van der Waals surface area contributed by atoms with Crippen molar-refractivity contribution in [3.05, 3.63) is 47.7 Å². The van der Waals surface area contributed by atoms with Crippen LogP contribution in [-0.4, -0.2) is 11.7 Å². The predicted octanol–water partition coefficient (Wildman–Crippen LogP) is 3.33. The maximum absolute atomic E-state index is 12.6. The number of ketones is 1. The molecule has 1 amide bonds. The van der Waals surface area contributed by atoms with E-state index in [4.69, 9.17) is 0 Å². The van der Waals surface area contributed by atoms with Crippen molar-refractivity contribution in [2.24, 2.45) is 16.7 Å². The SMILES string of the molecule is CC1(C)[C@@H]2CC[C@]1(C)C(=O)/C2=C\NC(=O)c1ccccc1. The van der Waals surface area contributed by atoms with Crippen LogP contribution in [0.2, 0.25) is 0 Å². The standard InChI is InChI=1S/C18H21NO2/c1-17(2)14-9-10-18(17,3)15(20)13(14)11-19-16(21)12-7-5-4-6-8-12/h4-8,11,14H,9-10H2,1-3H3,(H,19,21)/b13-11-/t14-,18-/m1/s1. The second-order valence-electron chi connectivity index (χ2n) is 6.91. The number of carbonyl (C=O) groups is 2. The summed E-state index contributed by atoms with van der Waals surface area (Å²) in [7, 11) is 0. The molecule has 0 heterocycles. The fourth-order valence-electron chi connectivity index (χ4n) is 3.91. The number of allylic oxidation sites excluding steroid dienone is 1. The third kappa shape index (κ3) is 1.87. The molecule has 3 rings (SSSR count). The molecule has 0 aliphatic heterocycles. The summed E-state index contributed by atoms with van der Waals surface area (Å²) in [6.07, 6.45) is 3.63. The Labute approximate surface area is 125 Å². The van der Waals surface area contributed by atoms with Gasteiger partial charge in [0.2, 0.25) is 0 Å². The maximum atomic E-state index is 12.6. The monoisotopic (exact) mass is 283 g/mol. The zero-order valence-corrected chi connectivity index (χ0v) is 12.8. The van der Waals surface area contributed by atoms with Gasteiger partial charge >= 0.3 is 0 Å². The summed E-state index contributed by atoms with van der Waals surface area (Å²) in [6, 6.07) is 9.06.